The molecule has 0 unspecified atom stereocenters. The second kappa shape index (κ2) is 3.73. The van der Waals surface area contributed by atoms with Gasteiger partial charge < -0.3 is 5.73 Å². The number of halogens is 3. The van der Waals surface area contributed by atoms with E-state index in [1.54, 1.807) is 18.2 Å². The maximum absolute atomic E-state index is 12.5. The summed E-state index contributed by atoms with van der Waals surface area (Å²) in [6.45, 7) is 0. The number of anilines is 1. The van der Waals surface area contributed by atoms with E-state index in [1.165, 1.54) is 6.07 Å². The Bertz CT molecular complexity index is 514. The predicted octanol–water partition coefficient (Wildman–Crippen LogP) is 3.52. The van der Waals surface area contributed by atoms with Crippen LogP contribution < -0.4 is 5.73 Å². The quantitative estimate of drug-likeness (QED) is 0.863. The van der Waals surface area contributed by atoms with Crippen molar-refractivity contribution in [3.63, 3.8) is 0 Å². The van der Waals surface area contributed by atoms with Gasteiger partial charge in [-0.05, 0) is 28.1 Å². The summed E-state index contributed by atoms with van der Waals surface area (Å²) >= 11 is 3.25. The fraction of sp³-hybridized carbons (Fsp3) is 0.100. The van der Waals surface area contributed by atoms with Crippen LogP contribution in [0.15, 0.2) is 28.7 Å². The van der Waals surface area contributed by atoms with Gasteiger partial charge in [0, 0.05) is 15.5 Å². The molecule has 0 saturated carbocycles. The lowest BCUT2D eigenvalue weighted by Gasteiger charge is -2.06. The van der Waals surface area contributed by atoms with Crippen LogP contribution in [0.3, 0.4) is 0 Å². The van der Waals surface area contributed by atoms with Crippen molar-refractivity contribution in [3.8, 4) is 0 Å². The molecule has 1 aromatic heterocycles. The van der Waals surface area contributed by atoms with Crippen molar-refractivity contribution in [1.82, 2.24) is 4.98 Å². The van der Waals surface area contributed by atoms with Crippen LogP contribution in [0.1, 0.15) is 12.1 Å². The molecule has 2 nitrogen and oxygen atoms in total. The minimum Gasteiger partial charge on any atom is -0.398 e. The van der Waals surface area contributed by atoms with Crippen LogP contribution in [-0.2, 0) is 0 Å². The summed E-state index contributed by atoms with van der Waals surface area (Å²) in [4.78, 5) is 3.86. The van der Waals surface area contributed by atoms with E-state index in [0.29, 0.717) is 21.1 Å². The van der Waals surface area contributed by atoms with Crippen LogP contribution in [0.4, 0.5) is 14.5 Å². The lowest BCUT2D eigenvalue weighted by atomic mass is 10.1. The maximum Gasteiger partial charge on any atom is 0.280 e. The molecular formula is C10H7BrF2N2. The van der Waals surface area contributed by atoms with Crippen molar-refractivity contribution in [3.05, 3.63) is 34.4 Å². The number of nitrogens with two attached hydrogens (primary N) is 1. The SMILES string of the molecule is Nc1cc(C(F)F)nc2c(Br)cccc12. The second-order valence-electron chi connectivity index (χ2n) is 3.07. The topological polar surface area (TPSA) is 38.9 Å². The maximum atomic E-state index is 12.5. The van der Waals surface area contributed by atoms with Crippen molar-refractivity contribution < 1.29 is 8.78 Å². The minimum atomic E-state index is -2.61. The summed E-state index contributed by atoms with van der Waals surface area (Å²) in [6.07, 6.45) is -2.61. The highest BCUT2D eigenvalue weighted by Crippen LogP contribution is 2.29. The highest BCUT2D eigenvalue weighted by molar-refractivity contribution is 9.10. The van der Waals surface area contributed by atoms with E-state index in [1.807, 2.05) is 0 Å². The van der Waals surface area contributed by atoms with Crippen molar-refractivity contribution >= 4 is 32.5 Å². The van der Waals surface area contributed by atoms with E-state index in [2.05, 4.69) is 20.9 Å². The summed E-state index contributed by atoms with van der Waals surface area (Å²) in [7, 11) is 0. The number of benzene rings is 1. The molecule has 0 fully saturated rings. The fourth-order valence-electron chi connectivity index (χ4n) is 1.37. The molecule has 0 radical (unpaired) electrons. The van der Waals surface area contributed by atoms with Crippen molar-refractivity contribution in [2.45, 2.75) is 6.43 Å². The number of pyridine rings is 1. The zero-order valence-electron chi connectivity index (χ0n) is 7.55. The van der Waals surface area contributed by atoms with Gasteiger partial charge in [-0.2, -0.15) is 0 Å². The lowest BCUT2D eigenvalue weighted by Crippen LogP contribution is -1.96. The Labute approximate surface area is 93.2 Å². The Morgan fingerprint density at radius 3 is 2.73 bits per heavy atom. The third kappa shape index (κ3) is 1.79. The molecule has 0 bridgehead atoms. The highest BCUT2D eigenvalue weighted by atomic mass is 79.9. The Morgan fingerprint density at radius 2 is 2.07 bits per heavy atom. The van der Waals surface area contributed by atoms with Gasteiger partial charge in [-0.15, -0.1) is 0 Å². The number of aromatic nitrogens is 1. The van der Waals surface area contributed by atoms with Gasteiger partial charge in [0.05, 0.1) is 5.52 Å². The zero-order valence-corrected chi connectivity index (χ0v) is 9.13. The molecule has 0 aliphatic rings. The molecule has 0 atom stereocenters. The molecule has 2 aromatic rings. The molecule has 0 spiro atoms. The molecular weight excluding hydrogens is 266 g/mol. The van der Waals surface area contributed by atoms with E-state index in [4.69, 9.17) is 5.73 Å². The number of nitrogens with zero attached hydrogens (tertiary/aromatic N) is 1. The molecule has 0 aliphatic carbocycles. The van der Waals surface area contributed by atoms with Gasteiger partial charge in [0.15, 0.2) is 0 Å². The van der Waals surface area contributed by atoms with Gasteiger partial charge in [0.25, 0.3) is 6.43 Å². The first-order valence-corrected chi connectivity index (χ1v) is 5.01. The molecule has 0 amide bonds. The number of hydrogen-bond donors (Lipinski definition) is 1. The molecule has 2 rings (SSSR count). The largest absolute Gasteiger partial charge is 0.398 e. The average molecular weight is 273 g/mol. The first-order chi connectivity index (χ1) is 7.09. The average Bonchev–Trinajstić information content (AvgIpc) is 2.19. The van der Waals surface area contributed by atoms with Crippen LogP contribution in [0.5, 0.6) is 0 Å². The number of rotatable bonds is 1. The van der Waals surface area contributed by atoms with E-state index in [-0.39, 0.29) is 5.69 Å². The normalized spacial score (nSPS) is 11.2. The summed E-state index contributed by atoms with van der Waals surface area (Å²) in [5.74, 6) is 0. The lowest BCUT2D eigenvalue weighted by molar-refractivity contribution is 0.146. The van der Waals surface area contributed by atoms with Gasteiger partial charge in [-0.3, -0.25) is 0 Å². The molecule has 0 saturated heterocycles. The van der Waals surface area contributed by atoms with E-state index >= 15 is 0 Å². The second-order valence-corrected chi connectivity index (χ2v) is 3.93. The molecule has 5 heteroatoms. The monoisotopic (exact) mass is 272 g/mol. The molecule has 2 N–H and O–H groups in total. The third-order valence-electron chi connectivity index (χ3n) is 2.07. The highest BCUT2D eigenvalue weighted by Gasteiger charge is 2.12. The summed E-state index contributed by atoms with van der Waals surface area (Å²) < 4.78 is 25.6. The van der Waals surface area contributed by atoms with Gasteiger partial charge >= 0.3 is 0 Å². The van der Waals surface area contributed by atoms with E-state index < -0.39 is 6.43 Å². The molecule has 15 heavy (non-hydrogen) atoms. The van der Waals surface area contributed by atoms with E-state index in [9.17, 15) is 8.78 Å². The number of hydrogen-bond acceptors (Lipinski definition) is 2. The third-order valence-corrected chi connectivity index (χ3v) is 2.71. The minimum absolute atomic E-state index is 0.299. The van der Waals surface area contributed by atoms with Crippen LogP contribution in [0.2, 0.25) is 0 Å². The van der Waals surface area contributed by atoms with Gasteiger partial charge in [0.1, 0.15) is 5.69 Å². The van der Waals surface area contributed by atoms with Crippen LogP contribution in [0, 0.1) is 0 Å². The van der Waals surface area contributed by atoms with Crippen LogP contribution >= 0.6 is 15.9 Å². The van der Waals surface area contributed by atoms with Gasteiger partial charge in [-0.25, -0.2) is 13.8 Å². The molecule has 1 heterocycles. The molecule has 78 valence electrons. The van der Waals surface area contributed by atoms with Gasteiger partial charge in [0.2, 0.25) is 0 Å². The first kappa shape index (κ1) is 10.3. The number of fused-ring (bicyclic) bond motifs is 1. The first-order valence-electron chi connectivity index (χ1n) is 4.22. The molecule has 0 aliphatic heterocycles. The Hall–Kier alpha value is -1.23. The Balaban J connectivity index is 2.80. The predicted molar refractivity (Wildman–Crippen MR) is 58.8 cm³/mol. The number of nitrogen functional groups attached to an aromatic ring is 1. The summed E-state index contributed by atoms with van der Waals surface area (Å²) in [5, 5.41) is 0.675. The Kier molecular flexibility index (Phi) is 2.56. The summed E-state index contributed by atoms with van der Waals surface area (Å²) in [5.41, 5.74) is 6.15. The fourth-order valence-corrected chi connectivity index (χ4v) is 1.83. The molecule has 1 aromatic carbocycles. The van der Waals surface area contributed by atoms with Gasteiger partial charge in [-0.1, -0.05) is 12.1 Å². The summed E-state index contributed by atoms with van der Waals surface area (Å²) in [6, 6.07) is 6.48. The smallest absolute Gasteiger partial charge is 0.280 e. The number of alkyl halides is 2. The van der Waals surface area contributed by atoms with Crippen molar-refractivity contribution in [1.29, 1.82) is 0 Å². The number of para-hydroxylation sites is 1. The zero-order chi connectivity index (χ0) is 11.0. The van der Waals surface area contributed by atoms with Crippen molar-refractivity contribution in [2.24, 2.45) is 0 Å². The van der Waals surface area contributed by atoms with E-state index in [0.717, 1.165) is 0 Å². The van der Waals surface area contributed by atoms with Crippen LogP contribution in [0.25, 0.3) is 10.9 Å². The standard InChI is InChI=1S/C10H7BrF2N2/c11-6-3-1-2-5-7(14)4-8(10(12)13)15-9(5)6/h1-4,10H,(H2,14,15). The Morgan fingerprint density at radius 1 is 1.33 bits per heavy atom. The van der Waals surface area contributed by atoms with Crippen molar-refractivity contribution in [2.75, 3.05) is 5.73 Å². The van der Waals surface area contributed by atoms with Crippen LogP contribution in [-0.4, -0.2) is 4.98 Å².